The van der Waals surface area contributed by atoms with Gasteiger partial charge in [0.05, 0.1) is 16.6 Å². The van der Waals surface area contributed by atoms with Crippen LogP contribution in [-0.2, 0) is 6.61 Å². The van der Waals surface area contributed by atoms with Gasteiger partial charge in [-0.1, -0.05) is 54.1 Å². The Balaban J connectivity index is 1.66. The molecule has 0 fully saturated rings. The van der Waals surface area contributed by atoms with E-state index in [1.165, 1.54) is 0 Å². The molecule has 118 valence electrons. The molecule has 0 bridgehead atoms. The normalized spacial score (nSPS) is 10.9. The van der Waals surface area contributed by atoms with Crippen molar-refractivity contribution < 1.29 is 4.74 Å². The summed E-state index contributed by atoms with van der Waals surface area (Å²) in [5.74, 6) is 1.57. The van der Waals surface area contributed by atoms with Crippen LogP contribution in [0.4, 0.5) is 0 Å². The molecule has 0 aliphatic carbocycles. The van der Waals surface area contributed by atoms with Crippen LogP contribution in [0.1, 0.15) is 5.56 Å². The third kappa shape index (κ3) is 2.86. The molecule has 0 saturated carbocycles. The Hall–Kier alpha value is -2.78. The van der Waals surface area contributed by atoms with Gasteiger partial charge in [-0.25, -0.2) is 4.98 Å². The molecule has 0 aliphatic rings. The second kappa shape index (κ2) is 6.38. The third-order valence-corrected chi connectivity index (χ3v) is 4.24. The van der Waals surface area contributed by atoms with Gasteiger partial charge in [0.25, 0.3) is 0 Å². The predicted octanol–water partition coefficient (Wildman–Crippen LogP) is 5.46. The average Bonchev–Trinajstić information content (AvgIpc) is 3.05. The number of benzene rings is 3. The van der Waals surface area contributed by atoms with E-state index in [0.717, 1.165) is 33.7 Å². The minimum atomic E-state index is 0.414. The van der Waals surface area contributed by atoms with E-state index < -0.39 is 0 Å². The zero-order valence-electron chi connectivity index (χ0n) is 12.9. The Kier molecular flexibility index (Phi) is 3.93. The lowest BCUT2D eigenvalue weighted by Gasteiger charge is -2.11. The zero-order valence-corrected chi connectivity index (χ0v) is 13.6. The highest BCUT2D eigenvalue weighted by molar-refractivity contribution is 6.31. The van der Waals surface area contributed by atoms with Gasteiger partial charge in [0.2, 0.25) is 0 Å². The van der Waals surface area contributed by atoms with E-state index in [-0.39, 0.29) is 0 Å². The summed E-state index contributed by atoms with van der Waals surface area (Å²) in [6, 6.07) is 23.5. The van der Waals surface area contributed by atoms with Crippen molar-refractivity contribution >= 4 is 22.6 Å². The van der Waals surface area contributed by atoms with Crippen LogP contribution in [0, 0.1) is 0 Å². The number of nitrogens with zero attached hydrogens (tertiary/aromatic N) is 1. The van der Waals surface area contributed by atoms with Crippen molar-refractivity contribution in [2.75, 3.05) is 0 Å². The second-order valence-corrected chi connectivity index (χ2v) is 5.89. The number of ether oxygens (including phenoxy) is 1. The summed E-state index contributed by atoms with van der Waals surface area (Å²) in [4.78, 5) is 8.00. The number of para-hydroxylation sites is 3. The minimum Gasteiger partial charge on any atom is -0.488 e. The van der Waals surface area contributed by atoms with Crippen LogP contribution in [0.25, 0.3) is 22.4 Å². The first kappa shape index (κ1) is 14.8. The van der Waals surface area contributed by atoms with Crippen molar-refractivity contribution in [1.82, 2.24) is 9.97 Å². The van der Waals surface area contributed by atoms with Gasteiger partial charge >= 0.3 is 0 Å². The Morgan fingerprint density at radius 1 is 0.875 bits per heavy atom. The van der Waals surface area contributed by atoms with Crippen molar-refractivity contribution in [3.8, 4) is 17.1 Å². The van der Waals surface area contributed by atoms with Crippen LogP contribution in [-0.4, -0.2) is 9.97 Å². The molecule has 0 radical (unpaired) electrons. The van der Waals surface area contributed by atoms with Gasteiger partial charge < -0.3 is 9.72 Å². The first-order chi connectivity index (χ1) is 11.8. The molecular formula is C20H15ClN2O. The van der Waals surface area contributed by atoms with Crippen molar-refractivity contribution in [1.29, 1.82) is 0 Å². The highest BCUT2D eigenvalue weighted by Gasteiger charge is 2.11. The van der Waals surface area contributed by atoms with E-state index in [0.29, 0.717) is 11.6 Å². The summed E-state index contributed by atoms with van der Waals surface area (Å²) in [5, 5.41) is 0.707. The number of halogens is 1. The summed E-state index contributed by atoms with van der Waals surface area (Å²) in [5.41, 5.74) is 3.83. The molecule has 0 saturated heterocycles. The lowest BCUT2D eigenvalue weighted by atomic mass is 10.2. The van der Waals surface area contributed by atoms with E-state index in [1.54, 1.807) is 0 Å². The number of rotatable bonds is 4. The first-order valence-electron chi connectivity index (χ1n) is 7.71. The number of aromatic amines is 1. The number of aromatic nitrogens is 2. The zero-order chi connectivity index (χ0) is 16.4. The monoisotopic (exact) mass is 334 g/mol. The molecule has 0 amide bonds. The molecule has 4 aromatic rings. The van der Waals surface area contributed by atoms with Crippen LogP contribution < -0.4 is 4.74 Å². The van der Waals surface area contributed by atoms with Crippen LogP contribution in [0.15, 0.2) is 72.8 Å². The Bertz CT molecular complexity index is 961. The molecule has 3 aromatic carbocycles. The fraction of sp³-hybridized carbons (Fsp3) is 0.0500. The number of nitrogens with one attached hydrogen (secondary N) is 1. The summed E-state index contributed by atoms with van der Waals surface area (Å²) < 4.78 is 6.01. The van der Waals surface area contributed by atoms with Crippen molar-refractivity contribution in [2.45, 2.75) is 6.61 Å². The fourth-order valence-corrected chi connectivity index (χ4v) is 2.83. The van der Waals surface area contributed by atoms with Gasteiger partial charge in [0.15, 0.2) is 0 Å². The highest BCUT2D eigenvalue weighted by atomic mass is 35.5. The summed E-state index contributed by atoms with van der Waals surface area (Å²) in [7, 11) is 0. The molecular weight excluding hydrogens is 320 g/mol. The molecule has 24 heavy (non-hydrogen) atoms. The van der Waals surface area contributed by atoms with Crippen LogP contribution in [0.3, 0.4) is 0 Å². The number of imidazole rings is 1. The van der Waals surface area contributed by atoms with Gasteiger partial charge in [-0.2, -0.15) is 0 Å². The van der Waals surface area contributed by atoms with E-state index >= 15 is 0 Å². The molecule has 4 heteroatoms. The molecule has 0 aliphatic heterocycles. The maximum absolute atomic E-state index is 6.20. The highest BCUT2D eigenvalue weighted by Crippen LogP contribution is 2.30. The Morgan fingerprint density at radius 3 is 2.50 bits per heavy atom. The van der Waals surface area contributed by atoms with Gasteiger partial charge in [-0.3, -0.25) is 0 Å². The fourth-order valence-electron chi connectivity index (χ4n) is 2.64. The maximum atomic E-state index is 6.20. The molecule has 1 heterocycles. The number of hydrogen-bond acceptors (Lipinski definition) is 2. The van der Waals surface area contributed by atoms with E-state index in [1.807, 2.05) is 72.8 Å². The van der Waals surface area contributed by atoms with E-state index in [2.05, 4.69) is 9.97 Å². The van der Waals surface area contributed by atoms with Crippen molar-refractivity contribution in [3.63, 3.8) is 0 Å². The average molecular weight is 335 g/mol. The van der Waals surface area contributed by atoms with E-state index in [4.69, 9.17) is 16.3 Å². The van der Waals surface area contributed by atoms with Gasteiger partial charge in [-0.15, -0.1) is 0 Å². The lowest BCUT2D eigenvalue weighted by molar-refractivity contribution is 0.307. The molecule has 1 N–H and O–H groups in total. The molecule has 0 atom stereocenters. The predicted molar refractivity (Wildman–Crippen MR) is 97.3 cm³/mol. The standard InChI is InChI=1S/C20H15ClN2O/c21-16-9-3-1-7-14(16)13-24-19-12-6-2-8-15(19)20-22-17-10-4-5-11-18(17)23-20/h1-12H,13H2,(H,22,23). The van der Waals surface area contributed by atoms with Crippen LogP contribution in [0.2, 0.25) is 5.02 Å². The topological polar surface area (TPSA) is 37.9 Å². The summed E-state index contributed by atoms with van der Waals surface area (Å²) >= 11 is 6.20. The molecule has 0 unspecified atom stereocenters. The lowest BCUT2D eigenvalue weighted by Crippen LogP contribution is -1.98. The number of H-pyrrole nitrogens is 1. The first-order valence-corrected chi connectivity index (χ1v) is 8.09. The molecule has 4 rings (SSSR count). The quantitative estimate of drug-likeness (QED) is 0.538. The Labute approximate surface area is 144 Å². The third-order valence-electron chi connectivity index (χ3n) is 3.87. The van der Waals surface area contributed by atoms with Gasteiger partial charge in [0.1, 0.15) is 18.2 Å². The summed E-state index contributed by atoms with van der Waals surface area (Å²) in [6.45, 7) is 0.414. The van der Waals surface area contributed by atoms with Gasteiger partial charge in [-0.05, 0) is 30.3 Å². The molecule has 3 nitrogen and oxygen atoms in total. The van der Waals surface area contributed by atoms with Crippen molar-refractivity contribution in [2.24, 2.45) is 0 Å². The molecule has 0 spiro atoms. The largest absolute Gasteiger partial charge is 0.488 e. The smallest absolute Gasteiger partial charge is 0.142 e. The van der Waals surface area contributed by atoms with Crippen molar-refractivity contribution in [3.05, 3.63) is 83.4 Å². The number of hydrogen-bond donors (Lipinski definition) is 1. The number of fused-ring (bicyclic) bond motifs is 1. The van der Waals surface area contributed by atoms with Crippen LogP contribution >= 0.6 is 11.6 Å². The van der Waals surface area contributed by atoms with E-state index in [9.17, 15) is 0 Å². The SMILES string of the molecule is Clc1ccccc1COc1ccccc1-c1nc2ccccc2[nH]1. The second-order valence-electron chi connectivity index (χ2n) is 5.48. The minimum absolute atomic E-state index is 0.414. The molecule has 1 aromatic heterocycles. The van der Waals surface area contributed by atoms with Gasteiger partial charge in [0, 0.05) is 10.6 Å². The maximum Gasteiger partial charge on any atom is 0.142 e. The van der Waals surface area contributed by atoms with Crippen LogP contribution in [0.5, 0.6) is 5.75 Å². The summed E-state index contributed by atoms with van der Waals surface area (Å²) in [6.07, 6.45) is 0. The Morgan fingerprint density at radius 2 is 1.62 bits per heavy atom.